The number of thiazole rings is 1. The topological polar surface area (TPSA) is 103 Å². The predicted molar refractivity (Wildman–Crippen MR) is 122 cm³/mol. The van der Waals surface area contributed by atoms with Crippen LogP contribution in [-0.2, 0) is 22.3 Å². The van der Waals surface area contributed by atoms with Crippen LogP contribution < -0.4 is 5.48 Å². The molecule has 1 aromatic heterocycles. The lowest BCUT2D eigenvalue weighted by Crippen LogP contribution is -2.51. The third kappa shape index (κ3) is 5.70. The Labute approximate surface area is 188 Å². The van der Waals surface area contributed by atoms with Gasteiger partial charge in [-0.2, -0.15) is 0 Å². The Morgan fingerprint density at radius 3 is 2.87 bits per heavy atom. The zero-order valence-electron chi connectivity index (χ0n) is 17.6. The van der Waals surface area contributed by atoms with Crippen LogP contribution in [0.5, 0.6) is 0 Å². The molecule has 1 fully saturated rings. The minimum absolute atomic E-state index is 0.263. The van der Waals surface area contributed by atoms with Crippen LogP contribution in [0, 0.1) is 35.0 Å². The maximum Gasteiger partial charge on any atom is 0.250 e. The van der Waals surface area contributed by atoms with Gasteiger partial charge in [0.1, 0.15) is 0 Å². The molecule has 1 saturated heterocycles. The molecular formula is C22H25N3O4S2. The van der Waals surface area contributed by atoms with E-state index in [0.717, 1.165) is 27.3 Å². The molecule has 31 heavy (non-hydrogen) atoms. The molecule has 1 aliphatic rings. The Morgan fingerprint density at radius 2 is 2.23 bits per heavy atom. The van der Waals surface area contributed by atoms with Crippen molar-refractivity contribution in [2.75, 3.05) is 19.3 Å². The third-order valence-corrected chi connectivity index (χ3v) is 7.67. The van der Waals surface area contributed by atoms with Crippen molar-refractivity contribution in [1.29, 1.82) is 0 Å². The zero-order chi connectivity index (χ0) is 22.6. The van der Waals surface area contributed by atoms with Crippen molar-refractivity contribution in [3.63, 3.8) is 0 Å². The summed E-state index contributed by atoms with van der Waals surface area (Å²) in [6.45, 7) is 4.70. The van der Waals surface area contributed by atoms with Crippen molar-refractivity contribution < 1.29 is 18.8 Å². The Kier molecular flexibility index (Phi) is 7.47. The number of aryl methyl sites for hydroxylation is 1. The first kappa shape index (κ1) is 23.4. The Morgan fingerprint density at radius 1 is 1.45 bits per heavy atom. The fourth-order valence-corrected chi connectivity index (χ4v) is 5.22. The summed E-state index contributed by atoms with van der Waals surface area (Å²) < 4.78 is 21.4. The van der Waals surface area contributed by atoms with Crippen LogP contribution in [-0.4, -0.2) is 55.1 Å². The molecule has 0 radical (unpaired) electrons. The molecule has 1 aliphatic heterocycles. The maximum atomic E-state index is 12.0. The van der Waals surface area contributed by atoms with Gasteiger partial charge in [-0.15, -0.1) is 11.3 Å². The van der Waals surface area contributed by atoms with Gasteiger partial charge in [0.2, 0.25) is 5.91 Å². The van der Waals surface area contributed by atoms with Gasteiger partial charge >= 0.3 is 0 Å². The summed E-state index contributed by atoms with van der Waals surface area (Å²) in [5.41, 5.74) is 2.11. The van der Waals surface area contributed by atoms with Crippen molar-refractivity contribution in [3.05, 3.63) is 28.8 Å². The van der Waals surface area contributed by atoms with E-state index in [1.165, 1.54) is 11.3 Å². The number of amides is 1. The molecule has 3 N–H and O–H groups in total. The second kappa shape index (κ2) is 9.90. The molecule has 0 saturated carbocycles. The number of aromatic nitrogens is 1. The van der Waals surface area contributed by atoms with E-state index < -0.39 is 22.4 Å². The highest BCUT2D eigenvalue weighted by molar-refractivity contribution is 7.79. The highest BCUT2D eigenvalue weighted by atomic mass is 32.2. The summed E-state index contributed by atoms with van der Waals surface area (Å²) in [5.74, 6) is 11.6. The number of carbonyl (C=O) groups excluding carboxylic acids is 1. The van der Waals surface area contributed by atoms with E-state index >= 15 is 0 Å². The monoisotopic (exact) mass is 459 g/mol. The molecular weight excluding hydrogens is 434 g/mol. The summed E-state index contributed by atoms with van der Waals surface area (Å²) in [6, 6.07) is 6.24. The number of hydrogen-bond acceptors (Lipinski definition) is 6. The molecule has 0 spiro atoms. The van der Waals surface area contributed by atoms with Gasteiger partial charge in [0, 0.05) is 30.5 Å². The van der Waals surface area contributed by atoms with Crippen molar-refractivity contribution in [1.82, 2.24) is 15.4 Å². The molecule has 2 heterocycles. The summed E-state index contributed by atoms with van der Waals surface area (Å²) >= 11 is -0.664. The Balaban J connectivity index is 1.68. The smallest absolute Gasteiger partial charge is 0.250 e. The average molecular weight is 460 g/mol. The molecule has 164 valence electrons. The summed E-state index contributed by atoms with van der Waals surface area (Å²) in [5, 5.41) is 9.78. The van der Waals surface area contributed by atoms with Crippen LogP contribution in [0.1, 0.15) is 30.8 Å². The number of rotatable bonds is 6. The molecule has 2 aromatic rings. The normalized spacial score (nSPS) is 21.1. The van der Waals surface area contributed by atoms with E-state index in [1.807, 2.05) is 18.2 Å². The first-order valence-corrected chi connectivity index (χ1v) is 11.9. The zero-order valence-corrected chi connectivity index (χ0v) is 19.3. The fourth-order valence-electron chi connectivity index (χ4n) is 3.40. The van der Waals surface area contributed by atoms with Crippen LogP contribution >= 0.6 is 11.3 Å². The van der Waals surface area contributed by atoms with E-state index in [4.69, 9.17) is 5.21 Å². The molecule has 4 atom stereocenters. The number of benzene rings is 1. The quantitative estimate of drug-likeness (QED) is 0.265. The van der Waals surface area contributed by atoms with Gasteiger partial charge in [0.05, 0.1) is 26.4 Å². The first-order valence-electron chi connectivity index (χ1n) is 9.85. The van der Waals surface area contributed by atoms with Crippen LogP contribution in [0.4, 0.5) is 0 Å². The summed E-state index contributed by atoms with van der Waals surface area (Å²) in [4.78, 5) is 18.8. The predicted octanol–water partition coefficient (Wildman–Crippen LogP) is 2.27. The second-order valence-corrected chi connectivity index (χ2v) is 10.1. The molecule has 3 rings (SSSR count). The van der Waals surface area contributed by atoms with Crippen LogP contribution in [0.25, 0.3) is 10.2 Å². The summed E-state index contributed by atoms with van der Waals surface area (Å²) in [6.07, 6.45) is 0.726. The number of nitrogens with one attached hydrogen (secondary N) is 1. The molecule has 1 aromatic carbocycles. The Hall–Kier alpha value is -2.27. The largest absolute Gasteiger partial charge is 0.306 e. The van der Waals surface area contributed by atoms with Crippen LogP contribution in [0.15, 0.2) is 18.2 Å². The van der Waals surface area contributed by atoms with E-state index in [2.05, 4.69) is 47.5 Å². The number of nitrogens with zero attached hydrogens (tertiary/aromatic N) is 2. The van der Waals surface area contributed by atoms with Gasteiger partial charge in [0.25, 0.3) is 0 Å². The number of carbonyl (C=O) groups is 1. The van der Waals surface area contributed by atoms with Gasteiger partial charge in [-0.25, -0.2) is 14.7 Å². The minimum Gasteiger partial charge on any atom is -0.306 e. The highest BCUT2D eigenvalue weighted by Gasteiger charge is 2.35. The molecule has 0 bridgehead atoms. The molecule has 0 aliphatic carbocycles. The number of likely N-dealkylation sites (tertiary alicyclic amines) is 1. The minimum atomic E-state index is -2.16. The lowest BCUT2D eigenvalue weighted by molar-refractivity contribution is -0.138. The summed E-state index contributed by atoms with van der Waals surface area (Å²) in [7, 11) is 2.09. The fraction of sp³-hybridized carbons (Fsp3) is 0.455. The lowest BCUT2D eigenvalue weighted by Gasteiger charge is -2.40. The third-order valence-electron chi connectivity index (χ3n) is 5.70. The van der Waals surface area contributed by atoms with Crippen LogP contribution in [0.2, 0.25) is 0 Å². The maximum absolute atomic E-state index is 12.0. The number of fused-ring (bicyclic) bond motifs is 1. The average Bonchev–Trinajstić information content (AvgIpc) is 3.15. The van der Waals surface area contributed by atoms with Gasteiger partial charge in [0.15, 0.2) is 11.1 Å². The van der Waals surface area contributed by atoms with Gasteiger partial charge < -0.3 is 9.45 Å². The molecule has 1 amide bonds. The lowest BCUT2D eigenvalue weighted by atomic mass is 9.87. The number of hydroxylamine groups is 1. The molecule has 9 heteroatoms. The van der Waals surface area contributed by atoms with E-state index in [-0.39, 0.29) is 12.2 Å². The highest BCUT2D eigenvalue weighted by Crippen LogP contribution is 2.29. The van der Waals surface area contributed by atoms with E-state index in [0.29, 0.717) is 18.4 Å². The van der Waals surface area contributed by atoms with Crippen molar-refractivity contribution in [2.45, 2.75) is 32.7 Å². The first-order chi connectivity index (χ1) is 14.7. The second-order valence-electron chi connectivity index (χ2n) is 8.06. The standard InChI is InChI=1S/C22H25N3O4S2/c1-15-17(13-25(15)3)7-5-4-6-16-8-9-18-19(12-16)30-20(23-18)10-11-22(2,14-31(28)29)21(26)24-27/h8-9,12,15,17,27H,10-11,13-14H2,1-3H3,(H,24,26)(H,28,29)/t15-,17+,22+/m1/s1. The van der Waals surface area contributed by atoms with Crippen molar-refractivity contribution >= 4 is 38.5 Å². The Bertz CT molecular complexity index is 1120. The molecule has 1 unspecified atom stereocenters. The number of hydrogen-bond donors (Lipinski definition) is 3. The van der Waals surface area contributed by atoms with Crippen molar-refractivity contribution in [2.24, 2.45) is 11.3 Å². The molecule has 7 nitrogen and oxygen atoms in total. The van der Waals surface area contributed by atoms with Gasteiger partial charge in [-0.05, 0) is 57.4 Å². The van der Waals surface area contributed by atoms with E-state index in [9.17, 15) is 13.6 Å². The van der Waals surface area contributed by atoms with Gasteiger partial charge in [-0.3, -0.25) is 10.0 Å². The SMILES string of the molecule is C[C@@H]1[C@@H](C#CC#Cc2ccc3nc(CC[C@@](C)(CS(=O)O)C(=O)NO)sc3c2)CN1C. The van der Waals surface area contributed by atoms with Crippen molar-refractivity contribution in [3.8, 4) is 23.7 Å². The van der Waals surface area contributed by atoms with Gasteiger partial charge in [-0.1, -0.05) is 11.8 Å². The van der Waals surface area contributed by atoms with E-state index in [1.54, 1.807) is 12.4 Å². The van der Waals surface area contributed by atoms with Crippen LogP contribution in [0.3, 0.4) is 0 Å².